The topological polar surface area (TPSA) is 126 Å². The van der Waals surface area contributed by atoms with Crippen molar-refractivity contribution >= 4 is 47.8 Å². The number of nitrogen functional groups attached to an aromatic ring is 2. The maximum Gasteiger partial charge on any atom is 0.141 e. The molecule has 6 nitrogen and oxygen atoms in total. The first-order valence-corrected chi connectivity index (χ1v) is 7.58. The molecule has 0 bridgehead atoms. The Balaban J connectivity index is 0.00000156. The summed E-state index contributed by atoms with van der Waals surface area (Å²) >= 11 is 1.62. The maximum atomic E-state index is 7.36. The SMILES string of the molecule is Cl.Cl.N=C(N)c1ccc(-c2ccc(-c3ccc(C(=N)N)nc3)s2)cn1. The van der Waals surface area contributed by atoms with Gasteiger partial charge >= 0.3 is 0 Å². The minimum absolute atomic E-state index is 0. The van der Waals surface area contributed by atoms with Gasteiger partial charge in [-0.15, -0.1) is 36.2 Å². The van der Waals surface area contributed by atoms with Gasteiger partial charge in [0.1, 0.15) is 23.1 Å². The number of pyridine rings is 2. The van der Waals surface area contributed by atoms with Gasteiger partial charge in [0.25, 0.3) is 0 Å². The van der Waals surface area contributed by atoms with Gasteiger partial charge in [-0.05, 0) is 36.4 Å². The van der Waals surface area contributed by atoms with Crippen molar-refractivity contribution in [2.24, 2.45) is 11.5 Å². The van der Waals surface area contributed by atoms with Gasteiger partial charge in [-0.3, -0.25) is 20.8 Å². The van der Waals surface area contributed by atoms with E-state index >= 15 is 0 Å². The highest BCUT2D eigenvalue weighted by Gasteiger charge is 2.07. The summed E-state index contributed by atoms with van der Waals surface area (Å²) in [5, 5.41) is 14.7. The highest BCUT2D eigenvalue weighted by Crippen LogP contribution is 2.33. The fraction of sp³-hybridized carbons (Fsp3) is 0. The molecule has 0 radical (unpaired) electrons. The summed E-state index contributed by atoms with van der Waals surface area (Å²) in [5.74, 6) is -0.0832. The number of thiophene rings is 1. The molecule has 6 N–H and O–H groups in total. The summed E-state index contributed by atoms with van der Waals surface area (Å²) in [5.41, 5.74) is 13.7. The summed E-state index contributed by atoms with van der Waals surface area (Å²) in [6.07, 6.45) is 3.42. The number of nitrogens with one attached hydrogen (secondary N) is 2. The Morgan fingerprint density at radius 3 is 1.40 bits per heavy atom. The largest absolute Gasteiger partial charge is 0.382 e. The fourth-order valence-electron chi connectivity index (χ4n) is 2.05. The smallest absolute Gasteiger partial charge is 0.141 e. The molecular weight excluding hydrogens is 379 g/mol. The van der Waals surface area contributed by atoms with E-state index in [1.807, 2.05) is 24.3 Å². The highest BCUT2D eigenvalue weighted by atomic mass is 35.5. The van der Waals surface area contributed by atoms with Crippen molar-refractivity contribution < 1.29 is 0 Å². The van der Waals surface area contributed by atoms with Gasteiger partial charge < -0.3 is 11.5 Å². The minimum Gasteiger partial charge on any atom is -0.382 e. The average molecular weight is 395 g/mol. The number of halogens is 2. The molecular formula is C16H16Cl2N6S. The normalized spacial score (nSPS) is 9.60. The number of amidine groups is 2. The van der Waals surface area contributed by atoms with E-state index in [0.29, 0.717) is 11.4 Å². The zero-order valence-electron chi connectivity index (χ0n) is 12.9. The molecule has 25 heavy (non-hydrogen) atoms. The molecule has 0 fully saturated rings. The Morgan fingerprint density at radius 1 is 0.720 bits per heavy atom. The van der Waals surface area contributed by atoms with E-state index < -0.39 is 0 Å². The molecule has 0 aliphatic heterocycles. The van der Waals surface area contributed by atoms with Crippen LogP contribution in [0.3, 0.4) is 0 Å². The quantitative estimate of drug-likeness (QED) is 0.399. The van der Waals surface area contributed by atoms with E-state index in [1.54, 1.807) is 35.9 Å². The van der Waals surface area contributed by atoms with E-state index in [0.717, 1.165) is 20.9 Å². The van der Waals surface area contributed by atoms with Gasteiger partial charge in [0.05, 0.1) is 0 Å². The second-order valence-electron chi connectivity index (χ2n) is 4.86. The zero-order chi connectivity index (χ0) is 16.4. The van der Waals surface area contributed by atoms with Crippen molar-refractivity contribution in [3.8, 4) is 20.9 Å². The molecule has 0 unspecified atom stereocenters. The Labute approximate surface area is 161 Å². The second-order valence-corrected chi connectivity index (χ2v) is 5.94. The molecule has 0 aromatic carbocycles. The first-order chi connectivity index (χ1) is 11.0. The molecule has 0 saturated heterocycles. The minimum atomic E-state index is -0.0416. The van der Waals surface area contributed by atoms with Crippen LogP contribution in [-0.4, -0.2) is 21.6 Å². The second kappa shape index (κ2) is 8.57. The van der Waals surface area contributed by atoms with Crippen LogP contribution >= 0.6 is 36.2 Å². The van der Waals surface area contributed by atoms with Crippen molar-refractivity contribution in [2.45, 2.75) is 0 Å². The van der Waals surface area contributed by atoms with Crippen LogP contribution in [0, 0.1) is 10.8 Å². The van der Waals surface area contributed by atoms with Crippen LogP contribution in [0.15, 0.2) is 48.8 Å². The van der Waals surface area contributed by atoms with E-state index in [-0.39, 0.29) is 36.5 Å². The van der Waals surface area contributed by atoms with Crippen LogP contribution in [0.2, 0.25) is 0 Å². The molecule has 0 aliphatic carbocycles. The van der Waals surface area contributed by atoms with Crippen molar-refractivity contribution in [2.75, 3.05) is 0 Å². The van der Waals surface area contributed by atoms with E-state index in [2.05, 4.69) is 9.97 Å². The van der Waals surface area contributed by atoms with Crippen molar-refractivity contribution in [1.29, 1.82) is 10.8 Å². The molecule has 3 rings (SSSR count). The van der Waals surface area contributed by atoms with Gasteiger partial charge in [-0.25, -0.2) is 0 Å². The monoisotopic (exact) mass is 394 g/mol. The fourth-order valence-corrected chi connectivity index (χ4v) is 3.03. The van der Waals surface area contributed by atoms with Crippen LogP contribution in [0.25, 0.3) is 20.9 Å². The highest BCUT2D eigenvalue weighted by molar-refractivity contribution is 7.18. The van der Waals surface area contributed by atoms with Crippen LogP contribution in [0.5, 0.6) is 0 Å². The lowest BCUT2D eigenvalue weighted by atomic mass is 10.2. The number of rotatable bonds is 4. The summed E-state index contributed by atoms with van der Waals surface area (Å²) in [4.78, 5) is 10.5. The van der Waals surface area contributed by atoms with E-state index in [1.165, 1.54) is 0 Å². The number of nitrogens with two attached hydrogens (primary N) is 2. The van der Waals surface area contributed by atoms with Crippen LogP contribution in [-0.2, 0) is 0 Å². The standard InChI is InChI=1S/C16H14N6S.2ClH/c17-15(18)11-3-1-9(7-21-11)13-5-6-14(23-13)10-2-4-12(16(19)20)22-8-10;;/h1-8H,(H3,17,18)(H3,19,20);2*1H. The third-order valence-electron chi connectivity index (χ3n) is 3.25. The number of hydrogen-bond donors (Lipinski definition) is 4. The Kier molecular flexibility index (Phi) is 7.05. The first kappa shape index (κ1) is 20.6. The first-order valence-electron chi connectivity index (χ1n) is 6.76. The summed E-state index contributed by atoms with van der Waals surface area (Å²) in [6.45, 7) is 0. The molecule has 3 heterocycles. The zero-order valence-corrected chi connectivity index (χ0v) is 15.3. The molecule has 9 heteroatoms. The lowest BCUT2D eigenvalue weighted by Crippen LogP contribution is -2.12. The third kappa shape index (κ3) is 4.54. The number of aromatic nitrogens is 2. The Bertz CT molecular complexity index is 802. The van der Waals surface area contributed by atoms with Gasteiger partial charge in [-0.1, -0.05) is 0 Å². The van der Waals surface area contributed by atoms with E-state index in [4.69, 9.17) is 22.3 Å². The molecule has 0 atom stereocenters. The third-order valence-corrected chi connectivity index (χ3v) is 4.44. The molecule has 0 amide bonds. The molecule has 0 spiro atoms. The van der Waals surface area contributed by atoms with Crippen LogP contribution in [0.1, 0.15) is 11.4 Å². The van der Waals surface area contributed by atoms with Crippen LogP contribution in [0.4, 0.5) is 0 Å². The Hall–Kier alpha value is -2.48. The predicted molar refractivity (Wildman–Crippen MR) is 107 cm³/mol. The average Bonchev–Trinajstić information content (AvgIpc) is 3.05. The molecule has 3 aromatic heterocycles. The molecule has 0 saturated carbocycles. The predicted octanol–water partition coefficient (Wildman–Crippen LogP) is 3.28. The van der Waals surface area contributed by atoms with Gasteiger partial charge in [0.2, 0.25) is 0 Å². The van der Waals surface area contributed by atoms with Gasteiger partial charge in [0, 0.05) is 33.3 Å². The van der Waals surface area contributed by atoms with E-state index in [9.17, 15) is 0 Å². The molecule has 0 aliphatic rings. The van der Waals surface area contributed by atoms with Crippen molar-refractivity contribution in [3.05, 3.63) is 60.2 Å². The summed E-state index contributed by atoms with van der Waals surface area (Å²) in [7, 11) is 0. The molecule has 3 aromatic rings. The molecule has 130 valence electrons. The van der Waals surface area contributed by atoms with Crippen LogP contribution < -0.4 is 11.5 Å². The van der Waals surface area contributed by atoms with Gasteiger partial charge in [0.15, 0.2) is 0 Å². The maximum absolute atomic E-state index is 7.36. The lowest BCUT2D eigenvalue weighted by Gasteiger charge is -2.01. The van der Waals surface area contributed by atoms with Gasteiger partial charge in [-0.2, -0.15) is 0 Å². The lowest BCUT2D eigenvalue weighted by molar-refractivity contribution is 1.26. The summed E-state index contributed by atoms with van der Waals surface area (Å²) < 4.78 is 0. The number of hydrogen-bond acceptors (Lipinski definition) is 5. The van der Waals surface area contributed by atoms with Crippen molar-refractivity contribution in [1.82, 2.24) is 9.97 Å². The van der Waals surface area contributed by atoms with Crippen molar-refractivity contribution in [3.63, 3.8) is 0 Å². The Morgan fingerprint density at radius 2 is 1.12 bits per heavy atom. The number of nitrogens with zero attached hydrogens (tertiary/aromatic N) is 2. The summed E-state index contributed by atoms with van der Waals surface area (Å²) in [6, 6.07) is 11.3.